The van der Waals surface area contributed by atoms with Crippen LogP contribution in [0, 0.1) is 0 Å². The summed E-state index contributed by atoms with van der Waals surface area (Å²) in [5.41, 5.74) is 0.861. The van der Waals surface area contributed by atoms with Gasteiger partial charge in [0.15, 0.2) is 0 Å². The zero-order valence-electron chi connectivity index (χ0n) is 11.9. The molecule has 1 aliphatic heterocycles. The van der Waals surface area contributed by atoms with E-state index in [1.54, 1.807) is 0 Å². The molecule has 1 N–H and O–H groups in total. The largest absolute Gasteiger partial charge is 0.380 e. The van der Waals surface area contributed by atoms with Gasteiger partial charge in [0, 0.05) is 23.1 Å². The standard InChI is InChI=1S/C15H21BrCl2N2/c1-10(2)20-6-3-4-12(5-7-20)19-15-13(17)8-11(16)9-14(15)18/h8-10,12,19H,3-7H2,1-2H3. The van der Waals surface area contributed by atoms with Gasteiger partial charge < -0.3 is 10.2 Å². The Morgan fingerprint density at radius 3 is 2.45 bits per heavy atom. The van der Waals surface area contributed by atoms with Gasteiger partial charge in [-0.15, -0.1) is 0 Å². The molecule has 1 fully saturated rings. The van der Waals surface area contributed by atoms with Crippen molar-refractivity contribution < 1.29 is 0 Å². The second-order valence-electron chi connectivity index (χ2n) is 5.65. The fraction of sp³-hybridized carbons (Fsp3) is 0.600. The lowest BCUT2D eigenvalue weighted by molar-refractivity contribution is 0.230. The number of rotatable bonds is 3. The van der Waals surface area contributed by atoms with Crippen LogP contribution in [0.2, 0.25) is 10.0 Å². The molecule has 1 unspecified atom stereocenters. The molecule has 2 rings (SSSR count). The molecule has 1 saturated heterocycles. The Hall–Kier alpha value is 0.0400. The highest BCUT2D eigenvalue weighted by Crippen LogP contribution is 2.35. The smallest absolute Gasteiger partial charge is 0.0721 e. The SMILES string of the molecule is CC(C)N1CCCC(Nc2c(Cl)cc(Br)cc2Cl)CC1. The molecule has 2 nitrogen and oxygen atoms in total. The Labute approximate surface area is 139 Å². The number of nitrogens with one attached hydrogen (secondary N) is 1. The molecule has 1 atom stereocenters. The van der Waals surface area contributed by atoms with Gasteiger partial charge in [-0.05, 0) is 51.8 Å². The quantitative estimate of drug-likeness (QED) is 0.752. The van der Waals surface area contributed by atoms with Crippen LogP contribution >= 0.6 is 39.1 Å². The highest BCUT2D eigenvalue weighted by molar-refractivity contribution is 9.10. The van der Waals surface area contributed by atoms with E-state index >= 15 is 0 Å². The van der Waals surface area contributed by atoms with Crippen molar-refractivity contribution in [3.63, 3.8) is 0 Å². The van der Waals surface area contributed by atoms with Crippen LogP contribution in [0.3, 0.4) is 0 Å². The number of hydrogen-bond acceptors (Lipinski definition) is 2. The minimum absolute atomic E-state index is 0.440. The number of likely N-dealkylation sites (tertiary alicyclic amines) is 1. The topological polar surface area (TPSA) is 15.3 Å². The number of anilines is 1. The molecular formula is C15H21BrCl2N2. The Kier molecular flexibility index (Phi) is 6.03. The summed E-state index contributed by atoms with van der Waals surface area (Å²) in [4.78, 5) is 2.53. The molecule has 0 bridgehead atoms. The number of nitrogens with zero attached hydrogens (tertiary/aromatic N) is 1. The molecule has 0 saturated carbocycles. The maximum Gasteiger partial charge on any atom is 0.0721 e. The van der Waals surface area contributed by atoms with Crippen LogP contribution in [0.1, 0.15) is 33.1 Å². The Morgan fingerprint density at radius 1 is 1.20 bits per heavy atom. The molecule has 0 amide bonds. The van der Waals surface area contributed by atoms with Crippen molar-refractivity contribution in [2.45, 2.75) is 45.2 Å². The van der Waals surface area contributed by atoms with Crippen molar-refractivity contribution in [2.24, 2.45) is 0 Å². The summed E-state index contributed by atoms with van der Waals surface area (Å²) in [6.07, 6.45) is 3.49. The van der Waals surface area contributed by atoms with Crippen LogP contribution in [0.5, 0.6) is 0 Å². The molecule has 0 aliphatic carbocycles. The van der Waals surface area contributed by atoms with Crippen molar-refractivity contribution in [1.82, 2.24) is 4.90 Å². The van der Waals surface area contributed by atoms with Crippen LogP contribution in [0.25, 0.3) is 0 Å². The molecule has 5 heteroatoms. The summed E-state index contributed by atoms with van der Waals surface area (Å²) < 4.78 is 0.907. The highest BCUT2D eigenvalue weighted by atomic mass is 79.9. The van der Waals surface area contributed by atoms with Gasteiger partial charge in [0.1, 0.15) is 0 Å². The van der Waals surface area contributed by atoms with Gasteiger partial charge in [0.05, 0.1) is 15.7 Å². The Morgan fingerprint density at radius 2 is 1.85 bits per heavy atom. The van der Waals surface area contributed by atoms with E-state index in [1.165, 1.54) is 13.0 Å². The van der Waals surface area contributed by atoms with Crippen molar-refractivity contribution in [2.75, 3.05) is 18.4 Å². The van der Waals surface area contributed by atoms with E-state index < -0.39 is 0 Å². The third kappa shape index (κ3) is 4.27. The predicted molar refractivity (Wildman–Crippen MR) is 92.1 cm³/mol. The maximum atomic E-state index is 6.29. The third-order valence-corrected chi connectivity index (χ3v) is 4.90. The maximum absolute atomic E-state index is 6.29. The van der Waals surface area contributed by atoms with Crippen LogP contribution in [-0.2, 0) is 0 Å². The monoisotopic (exact) mass is 378 g/mol. The summed E-state index contributed by atoms with van der Waals surface area (Å²) in [7, 11) is 0. The molecule has 0 aromatic heterocycles. The van der Waals surface area contributed by atoms with Crippen molar-refractivity contribution >= 4 is 44.8 Å². The van der Waals surface area contributed by atoms with E-state index in [9.17, 15) is 0 Å². The lowest BCUT2D eigenvalue weighted by atomic mass is 10.1. The van der Waals surface area contributed by atoms with E-state index in [0.29, 0.717) is 22.1 Å². The normalized spacial score (nSPS) is 21.0. The molecule has 1 aliphatic rings. The fourth-order valence-electron chi connectivity index (χ4n) is 2.66. The van der Waals surface area contributed by atoms with E-state index in [2.05, 4.69) is 40.0 Å². The molecule has 1 aromatic carbocycles. The van der Waals surface area contributed by atoms with Gasteiger partial charge in [-0.2, -0.15) is 0 Å². The molecule has 20 heavy (non-hydrogen) atoms. The van der Waals surface area contributed by atoms with Gasteiger partial charge in [0.25, 0.3) is 0 Å². The van der Waals surface area contributed by atoms with Crippen LogP contribution < -0.4 is 5.32 Å². The van der Waals surface area contributed by atoms with Gasteiger partial charge in [-0.1, -0.05) is 39.1 Å². The lowest BCUT2D eigenvalue weighted by Gasteiger charge is -2.24. The van der Waals surface area contributed by atoms with E-state index in [1.807, 2.05) is 12.1 Å². The fourth-order valence-corrected chi connectivity index (χ4v) is 3.98. The number of halogens is 3. The first kappa shape index (κ1) is 16.4. The summed E-state index contributed by atoms with van der Waals surface area (Å²) in [5.74, 6) is 0. The van der Waals surface area contributed by atoms with Crippen LogP contribution in [0.4, 0.5) is 5.69 Å². The summed E-state index contributed by atoms with van der Waals surface area (Å²) in [6, 6.07) is 4.82. The molecule has 112 valence electrons. The lowest BCUT2D eigenvalue weighted by Crippen LogP contribution is -2.32. The van der Waals surface area contributed by atoms with Gasteiger partial charge in [-0.25, -0.2) is 0 Å². The van der Waals surface area contributed by atoms with Crippen molar-refractivity contribution in [1.29, 1.82) is 0 Å². The van der Waals surface area contributed by atoms with Crippen molar-refractivity contribution in [3.8, 4) is 0 Å². The van der Waals surface area contributed by atoms with Crippen LogP contribution in [0.15, 0.2) is 16.6 Å². The molecule has 1 aromatic rings. The minimum atomic E-state index is 0.440. The van der Waals surface area contributed by atoms with E-state index in [-0.39, 0.29) is 0 Å². The number of hydrogen-bond donors (Lipinski definition) is 1. The first-order chi connectivity index (χ1) is 9.47. The summed E-state index contributed by atoms with van der Waals surface area (Å²) in [5, 5.41) is 4.88. The summed E-state index contributed by atoms with van der Waals surface area (Å²) in [6.45, 7) is 6.82. The second kappa shape index (κ2) is 7.35. The zero-order valence-corrected chi connectivity index (χ0v) is 15.0. The highest BCUT2D eigenvalue weighted by Gasteiger charge is 2.20. The first-order valence-electron chi connectivity index (χ1n) is 7.12. The average molecular weight is 380 g/mol. The predicted octanol–water partition coefficient (Wildman–Crippen LogP) is 5.43. The minimum Gasteiger partial charge on any atom is -0.380 e. The molecular weight excluding hydrogens is 359 g/mol. The van der Waals surface area contributed by atoms with Gasteiger partial charge >= 0.3 is 0 Å². The first-order valence-corrected chi connectivity index (χ1v) is 8.67. The van der Waals surface area contributed by atoms with E-state index in [0.717, 1.165) is 29.5 Å². The Bertz CT molecular complexity index is 442. The van der Waals surface area contributed by atoms with Crippen LogP contribution in [-0.4, -0.2) is 30.1 Å². The average Bonchev–Trinajstić information content (AvgIpc) is 2.59. The molecule has 0 spiro atoms. The summed E-state index contributed by atoms with van der Waals surface area (Å²) >= 11 is 16.0. The Balaban J connectivity index is 2.04. The second-order valence-corrected chi connectivity index (χ2v) is 7.38. The van der Waals surface area contributed by atoms with E-state index in [4.69, 9.17) is 23.2 Å². The zero-order chi connectivity index (χ0) is 14.7. The van der Waals surface area contributed by atoms with Crippen molar-refractivity contribution in [3.05, 3.63) is 26.7 Å². The molecule has 0 radical (unpaired) electrons. The molecule has 1 heterocycles. The van der Waals surface area contributed by atoms with Gasteiger partial charge in [-0.3, -0.25) is 0 Å². The number of benzene rings is 1. The third-order valence-electron chi connectivity index (χ3n) is 3.85. The van der Waals surface area contributed by atoms with Gasteiger partial charge in [0.2, 0.25) is 0 Å².